The van der Waals surface area contributed by atoms with Crippen LogP contribution < -0.4 is 10.2 Å². The molecule has 1 aliphatic rings. The number of fused-ring (bicyclic) bond motifs is 3. The van der Waals surface area contributed by atoms with Crippen molar-refractivity contribution in [3.8, 4) is 0 Å². The Kier molecular flexibility index (Phi) is 6.11. The van der Waals surface area contributed by atoms with E-state index in [1.165, 1.54) is 22.3 Å². The van der Waals surface area contributed by atoms with Crippen molar-refractivity contribution >= 4 is 61.1 Å². The number of benzene rings is 2. The summed E-state index contributed by atoms with van der Waals surface area (Å²) in [5.41, 5.74) is 3.98. The number of aromatic amines is 1. The Morgan fingerprint density at radius 2 is 1.79 bits per heavy atom. The van der Waals surface area contributed by atoms with E-state index in [9.17, 15) is 13.2 Å². The molecule has 3 heterocycles. The lowest BCUT2D eigenvalue weighted by Gasteiger charge is -2.34. The zero-order valence-electron chi connectivity index (χ0n) is 18.4. The minimum absolute atomic E-state index is 0.155. The molecule has 1 aliphatic heterocycles. The Hall–Kier alpha value is -3.22. The van der Waals surface area contributed by atoms with Crippen LogP contribution >= 0.6 is 11.8 Å². The van der Waals surface area contributed by atoms with Crippen molar-refractivity contribution < 1.29 is 13.2 Å². The minimum atomic E-state index is -3.15. The summed E-state index contributed by atoms with van der Waals surface area (Å²) in [6.07, 6.45) is 1.24. The van der Waals surface area contributed by atoms with Gasteiger partial charge in [0, 0.05) is 48.5 Å². The third-order valence-corrected chi connectivity index (χ3v) is 7.80. The molecule has 0 bridgehead atoms. The minimum Gasteiger partial charge on any atom is -0.369 e. The number of hydrogen-bond donors (Lipinski definition) is 2. The standard InChI is InChI=1S/C22H23N7O3S2/c1-34(31,32)29-12-10-28(11-13-29)16-8-6-15(7-9-16)23-19(30)14-33-22-25-21-20(26-27-22)17-4-2-3-5-18(17)24-21/h2-9H,10-14H2,1H3,(H,23,30)(H,24,25,27). The van der Waals surface area contributed by atoms with Crippen LogP contribution in [0.15, 0.2) is 53.7 Å². The zero-order chi connectivity index (χ0) is 23.7. The Morgan fingerprint density at radius 1 is 1.06 bits per heavy atom. The number of carbonyl (C=O) groups excluding carboxylic acids is 1. The molecule has 2 aromatic heterocycles. The lowest BCUT2D eigenvalue weighted by molar-refractivity contribution is -0.113. The number of piperazine rings is 1. The molecule has 1 fully saturated rings. The van der Waals surface area contributed by atoms with E-state index in [1.807, 2.05) is 48.5 Å². The quantitative estimate of drug-likeness (QED) is 0.389. The van der Waals surface area contributed by atoms with Crippen LogP contribution in [0.5, 0.6) is 0 Å². The normalized spacial score (nSPS) is 15.1. The first-order chi connectivity index (χ1) is 16.4. The first-order valence-electron chi connectivity index (χ1n) is 10.7. The molecule has 0 unspecified atom stereocenters. The topological polar surface area (TPSA) is 124 Å². The smallest absolute Gasteiger partial charge is 0.234 e. The summed E-state index contributed by atoms with van der Waals surface area (Å²) in [5.74, 6) is -0.0114. The number of aromatic nitrogens is 4. The van der Waals surface area contributed by atoms with Gasteiger partial charge in [-0.3, -0.25) is 4.79 Å². The Balaban J connectivity index is 1.15. The number of para-hydroxylation sites is 1. The summed E-state index contributed by atoms with van der Waals surface area (Å²) in [6.45, 7) is 2.19. The predicted octanol–water partition coefficient (Wildman–Crippen LogP) is 2.32. The summed E-state index contributed by atoms with van der Waals surface area (Å²) in [4.78, 5) is 22.3. The molecule has 2 aromatic carbocycles. The Bertz CT molecular complexity index is 1450. The number of nitrogens with one attached hydrogen (secondary N) is 2. The highest BCUT2D eigenvalue weighted by molar-refractivity contribution is 7.99. The number of hydrogen-bond acceptors (Lipinski definition) is 8. The van der Waals surface area contributed by atoms with Gasteiger partial charge in [-0.05, 0) is 30.3 Å². The predicted molar refractivity (Wildman–Crippen MR) is 134 cm³/mol. The molecule has 1 saturated heterocycles. The molecule has 10 nitrogen and oxygen atoms in total. The van der Waals surface area contributed by atoms with Gasteiger partial charge in [-0.25, -0.2) is 13.4 Å². The maximum absolute atomic E-state index is 12.4. The van der Waals surface area contributed by atoms with Gasteiger partial charge in [0.1, 0.15) is 5.52 Å². The fraction of sp³-hybridized carbons (Fsp3) is 0.273. The second kappa shape index (κ2) is 9.20. The van der Waals surface area contributed by atoms with Crippen LogP contribution in [0.25, 0.3) is 22.1 Å². The molecule has 12 heteroatoms. The highest BCUT2D eigenvalue weighted by atomic mass is 32.2. The first kappa shape index (κ1) is 22.6. The molecule has 4 aromatic rings. The second-order valence-corrected chi connectivity index (χ2v) is 10.9. The number of rotatable bonds is 6. The largest absolute Gasteiger partial charge is 0.369 e. The molecule has 1 amide bonds. The number of thioether (sulfide) groups is 1. The lowest BCUT2D eigenvalue weighted by atomic mass is 10.2. The van der Waals surface area contributed by atoms with Crippen LogP contribution in [0.3, 0.4) is 0 Å². The number of carbonyl (C=O) groups is 1. The molecule has 5 rings (SSSR count). The molecular formula is C22H23N7O3S2. The van der Waals surface area contributed by atoms with E-state index in [0.717, 1.165) is 16.6 Å². The summed E-state index contributed by atoms with van der Waals surface area (Å²) in [5, 5.41) is 12.7. The molecule has 176 valence electrons. The average Bonchev–Trinajstić information content (AvgIpc) is 3.21. The van der Waals surface area contributed by atoms with E-state index in [4.69, 9.17) is 0 Å². The number of amides is 1. The van der Waals surface area contributed by atoms with E-state index in [-0.39, 0.29) is 11.7 Å². The summed E-state index contributed by atoms with van der Waals surface area (Å²) >= 11 is 1.22. The molecule has 0 saturated carbocycles. The fourth-order valence-electron chi connectivity index (χ4n) is 3.93. The number of sulfonamides is 1. The highest BCUT2D eigenvalue weighted by Gasteiger charge is 2.23. The summed E-state index contributed by atoms with van der Waals surface area (Å²) < 4.78 is 24.8. The maximum Gasteiger partial charge on any atom is 0.234 e. The highest BCUT2D eigenvalue weighted by Crippen LogP contribution is 2.24. The van der Waals surface area contributed by atoms with Gasteiger partial charge < -0.3 is 15.2 Å². The summed E-state index contributed by atoms with van der Waals surface area (Å²) in [6, 6.07) is 15.3. The van der Waals surface area contributed by atoms with E-state index in [2.05, 4.69) is 30.4 Å². The van der Waals surface area contributed by atoms with Crippen molar-refractivity contribution in [2.24, 2.45) is 0 Å². The number of nitrogens with zero attached hydrogens (tertiary/aromatic N) is 5. The average molecular weight is 498 g/mol. The van der Waals surface area contributed by atoms with Crippen LogP contribution in [0, 0.1) is 0 Å². The summed E-state index contributed by atoms with van der Waals surface area (Å²) in [7, 11) is -3.15. The monoisotopic (exact) mass is 497 g/mol. The van der Waals surface area contributed by atoms with Gasteiger partial charge in [-0.1, -0.05) is 30.0 Å². The van der Waals surface area contributed by atoms with Crippen LogP contribution in [0.2, 0.25) is 0 Å². The van der Waals surface area contributed by atoms with Crippen molar-refractivity contribution in [1.82, 2.24) is 24.5 Å². The van der Waals surface area contributed by atoms with Gasteiger partial charge in [-0.2, -0.15) is 4.31 Å². The molecule has 0 spiro atoms. The fourth-order valence-corrected chi connectivity index (χ4v) is 5.34. The van der Waals surface area contributed by atoms with E-state index in [0.29, 0.717) is 48.2 Å². The zero-order valence-corrected chi connectivity index (χ0v) is 20.1. The molecular weight excluding hydrogens is 474 g/mol. The lowest BCUT2D eigenvalue weighted by Crippen LogP contribution is -2.48. The van der Waals surface area contributed by atoms with Crippen LogP contribution in [0.1, 0.15) is 0 Å². The van der Waals surface area contributed by atoms with Gasteiger partial charge in [0.05, 0.1) is 12.0 Å². The second-order valence-electron chi connectivity index (χ2n) is 7.99. The van der Waals surface area contributed by atoms with E-state index >= 15 is 0 Å². The van der Waals surface area contributed by atoms with Crippen molar-refractivity contribution in [2.75, 3.05) is 48.4 Å². The van der Waals surface area contributed by atoms with E-state index < -0.39 is 10.0 Å². The molecule has 0 aliphatic carbocycles. The molecule has 0 radical (unpaired) electrons. The SMILES string of the molecule is CS(=O)(=O)N1CCN(c2ccc(NC(=O)CSc3nnc4c(n3)[nH]c3ccccc34)cc2)CC1. The van der Waals surface area contributed by atoms with Crippen LogP contribution in [-0.2, 0) is 14.8 Å². The molecule has 2 N–H and O–H groups in total. The van der Waals surface area contributed by atoms with Crippen molar-refractivity contribution in [3.05, 3.63) is 48.5 Å². The van der Waals surface area contributed by atoms with Gasteiger partial charge in [-0.15, -0.1) is 10.2 Å². The van der Waals surface area contributed by atoms with Crippen molar-refractivity contribution in [1.29, 1.82) is 0 Å². The Morgan fingerprint density at radius 3 is 2.53 bits per heavy atom. The van der Waals surface area contributed by atoms with Crippen molar-refractivity contribution in [3.63, 3.8) is 0 Å². The molecule has 34 heavy (non-hydrogen) atoms. The maximum atomic E-state index is 12.4. The van der Waals surface area contributed by atoms with Crippen LogP contribution in [0.4, 0.5) is 11.4 Å². The third kappa shape index (κ3) is 4.83. The van der Waals surface area contributed by atoms with E-state index in [1.54, 1.807) is 0 Å². The van der Waals surface area contributed by atoms with Gasteiger partial charge >= 0.3 is 0 Å². The third-order valence-electron chi connectivity index (χ3n) is 5.66. The Labute approximate surface area is 200 Å². The number of H-pyrrole nitrogens is 1. The van der Waals surface area contributed by atoms with Crippen LogP contribution in [-0.4, -0.2) is 77.0 Å². The number of anilines is 2. The van der Waals surface area contributed by atoms with Gasteiger partial charge in [0.2, 0.25) is 21.1 Å². The van der Waals surface area contributed by atoms with Gasteiger partial charge in [0.15, 0.2) is 5.65 Å². The first-order valence-corrected chi connectivity index (χ1v) is 13.5. The molecule has 0 atom stereocenters. The van der Waals surface area contributed by atoms with Crippen molar-refractivity contribution in [2.45, 2.75) is 5.16 Å². The van der Waals surface area contributed by atoms with Gasteiger partial charge in [0.25, 0.3) is 0 Å².